The zero-order valence-electron chi connectivity index (χ0n) is 7.47. The molecule has 0 saturated heterocycles. The Bertz CT molecular complexity index is 334. The van der Waals surface area contributed by atoms with Crippen LogP contribution in [0.25, 0.3) is 0 Å². The molecular formula is C10H10BrClO. The van der Waals surface area contributed by atoms with E-state index in [1.165, 1.54) is 0 Å². The first-order valence-electron chi connectivity index (χ1n) is 3.89. The van der Waals surface area contributed by atoms with Crippen molar-refractivity contribution in [2.24, 2.45) is 0 Å². The molecule has 0 N–H and O–H groups in total. The molecule has 0 radical (unpaired) electrons. The van der Waals surface area contributed by atoms with Gasteiger partial charge in [0.1, 0.15) is 6.29 Å². The molecule has 0 bridgehead atoms. The van der Waals surface area contributed by atoms with Gasteiger partial charge in [0.15, 0.2) is 0 Å². The Morgan fingerprint density at radius 2 is 2.08 bits per heavy atom. The molecule has 3 heteroatoms. The van der Waals surface area contributed by atoms with E-state index < -0.39 is 5.41 Å². The molecule has 0 fully saturated rings. The van der Waals surface area contributed by atoms with Crippen LogP contribution in [0, 0.1) is 0 Å². The molecular weight excluding hydrogens is 251 g/mol. The van der Waals surface area contributed by atoms with Crippen LogP contribution >= 0.6 is 27.5 Å². The minimum Gasteiger partial charge on any atom is -0.302 e. The summed E-state index contributed by atoms with van der Waals surface area (Å²) in [4.78, 5) is 10.8. The van der Waals surface area contributed by atoms with E-state index in [1.54, 1.807) is 6.07 Å². The van der Waals surface area contributed by atoms with Crippen molar-refractivity contribution in [2.75, 3.05) is 0 Å². The lowest BCUT2D eigenvalue weighted by Crippen LogP contribution is -2.18. The number of carbonyl (C=O) groups is 1. The van der Waals surface area contributed by atoms with Gasteiger partial charge < -0.3 is 4.79 Å². The lowest BCUT2D eigenvalue weighted by molar-refractivity contribution is -0.111. The van der Waals surface area contributed by atoms with Crippen LogP contribution in [0.5, 0.6) is 0 Å². The molecule has 0 heterocycles. The second kappa shape index (κ2) is 3.81. The van der Waals surface area contributed by atoms with Gasteiger partial charge in [0.25, 0.3) is 0 Å². The van der Waals surface area contributed by atoms with Crippen molar-refractivity contribution in [3.8, 4) is 0 Å². The second-order valence-electron chi connectivity index (χ2n) is 3.47. The number of halogens is 2. The average molecular weight is 262 g/mol. The average Bonchev–Trinajstić information content (AvgIpc) is 2.09. The third kappa shape index (κ3) is 2.32. The molecule has 1 nitrogen and oxygen atoms in total. The smallest absolute Gasteiger partial charge is 0.129 e. The summed E-state index contributed by atoms with van der Waals surface area (Å²) in [6, 6.07) is 5.55. The van der Waals surface area contributed by atoms with Crippen molar-refractivity contribution in [1.29, 1.82) is 0 Å². The first kappa shape index (κ1) is 10.7. The maximum absolute atomic E-state index is 10.8. The van der Waals surface area contributed by atoms with Gasteiger partial charge in [0.2, 0.25) is 0 Å². The van der Waals surface area contributed by atoms with Gasteiger partial charge in [-0.2, -0.15) is 0 Å². The van der Waals surface area contributed by atoms with Crippen molar-refractivity contribution in [1.82, 2.24) is 0 Å². The minimum atomic E-state index is -0.468. The highest BCUT2D eigenvalue weighted by Gasteiger charge is 2.19. The van der Waals surface area contributed by atoms with E-state index in [2.05, 4.69) is 15.9 Å². The molecule has 0 unspecified atom stereocenters. The Kier molecular flexibility index (Phi) is 3.14. The van der Waals surface area contributed by atoms with Crippen LogP contribution in [-0.4, -0.2) is 6.29 Å². The van der Waals surface area contributed by atoms with Crippen LogP contribution in [0.1, 0.15) is 19.4 Å². The van der Waals surface area contributed by atoms with Crippen LogP contribution in [-0.2, 0) is 10.2 Å². The van der Waals surface area contributed by atoms with Crippen LogP contribution < -0.4 is 0 Å². The first-order chi connectivity index (χ1) is 5.97. The van der Waals surface area contributed by atoms with Crippen LogP contribution in [0.2, 0.25) is 5.02 Å². The van der Waals surface area contributed by atoms with Crippen molar-refractivity contribution in [3.05, 3.63) is 33.3 Å². The fourth-order valence-corrected chi connectivity index (χ4v) is 1.39. The summed E-state index contributed by atoms with van der Waals surface area (Å²) in [7, 11) is 0. The maximum atomic E-state index is 10.8. The van der Waals surface area contributed by atoms with E-state index >= 15 is 0 Å². The first-order valence-corrected chi connectivity index (χ1v) is 5.06. The lowest BCUT2D eigenvalue weighted by Gasteiger charge is -2.17. The number of rotatable bonds is 2. The molecule has 1 aromatic rings. The van der Waals surface area contributed by atoms with Gasteiger partial charge in [0.05, 0.1) is 5.02 Å². The number of aldehydes is 1. The van der Waals surface area contributed by atoms with Crippen LogP contribution in [0.3, 0.4) is 0 Å². The highest BCUT2D eigenvalue weighted by atomic mass is 79.9. The Morgan fingerprint density at radius 1 is 1.46 bits per heavy atom. The van der Waals surface area contributed by atoms with Crippen molar-refractivity contribution >= 4 is 33.8 Å². The van der Waals surface area contributed by atoms with Gasteiger partial charge in [-0.05, 0) is 47.5 Å². The highest BCUT2D eigenvalue weighted by Crippen LogP contribution is 2.28. The van der Waals surface area contributed by atoms with E-state index in [-0.39, 0.29) is 0 Å². The summed E-state index contributed by atoms with van der Waals surface area (Å²) in [5, 5.41) is 0.632. The molecule has 0 aliphatic carbocycles. The molecule has 13 heavy (non-hydrogen) atoms. The van der Waals surface area contributed by atoms with Gasteiger partial charge in [-0.25, -0.2) is 0 Å². The Morgan fingerprint density at radius 3 is 2.54 bits per heavy atom. The topological polar surface area (TPSA) is 17.1 Å². The predicted molar refractivity (Wildman–Crippen MR) is 58.2 cm³/mol. The number of hydrogen-bond acceptors (Lipinski definition) is 1. The predicted octanol–water partition coefficient (Wildman–Crippen LogP) is 3.58. The lowest BCUT2D eigenvalue weighted by atomic mass is 9.86. The van der Waals surface area contributed by atoms with Gasteiger partial charge in [-0.15, -0.1) is 0 Å². The number of hydrogen-bond donors (Lipinski definition) is 0. The Balaban J connectivity index is 3.18. The highest BCUT2D eigenvalue weighted by molar-refractivity contribution is 9.10. The Hall–Kier alpha value is -0.340. The molecule has 0 atom stereocenters. The molecule has 0 saturated carbocycles. The van der Waals surface area contributed by atoms with Gasteiger partial charge in [-0.1, -0.05) is 17.7 Å². The zero-order valence-corrected chi connectivity index (χ0v) is 9.82. The van der Waals surface area contributed by atoms with Gasteiger partial charge in [-0.3, -0.25) is 0 Å². The van der Waals surface area contributed by atoms with E-state index in [0.717, 1.165) is 16.3 Å². The van der Waals surface area contributed by atoms with Crippen molar-refractivity contribution in [3.63, 3.8) is 0 Å². The second-order valence-corrected chi connectivity index (χ2v) is 4.73. The summed E-state index contributed by atoms with van der Waals surface area (Å²) in [5.41, 5.74) is 0.459. The largest absolute Gasteiger partial charge is 0.302 e. The zero-order chi connectivity index (χ0) is 10.1. The monoisotopic (exact) mass is 260 g/mol. The fraction of sp³-hybridized carbons (Fsp3) is 0.300. The number of benzene rings is 1. The summed E-state index contributed by atoms with van der Waals surface area (Å²) < 4.78 is 0.847. The Labute approximate surface area is 91.2 Å². The molecule has 1 rings (SSSR count). The quantitative estimate of drug-likeness (QED) is 0.744. The number of carbonyl (C=O) groups excluding carboxylic acids is 1. The molecule has 70 valence electrons. The molecule has 0 spiro atoms. The van der Waals surface area contributed by atoms with E-state index in [1.807, 2.05) is 26.0 Å². The summed E-state index contributed by atoms with van der Waals surface area (Å²) in [6.45, 7) is 3.72. The molecule has 0 amide bonds. The summed E-state index contributed by atoms with van der Waals surface area (Å²) in [6.07, 6.45) is 0.923. The van der Waals surface area contributed by atoms with Crippen molar-refractivity contribution < 1.29 is 4.79 Å². The maximum Gasteiger partial charge on any atom is 0.129 e. The SMILES string of the molecule is CC(C)(C=O)c1ccc(Br)c(Cl)c1. The van der Waals surface area contributed by atoms with E-state index in [0.29, 0.717) is 5.02 Å². The van der Waals surface area contributed by atoms with Gasteiger partial charge in [0, 0.05) is 9.89 Å². The molecule has 0 aromatic heterocycles. The molecule has 1 aromatic carbocycles. The van der Waals surface area contributed by atoms with E-state index in [4.69, 9.17) is 11.6 Å². The van der Waals surface area contributed by atoms with Crippen molar-refractivity contribution in [2.45, 2.75) is 19.3 Å². The third-order valence-electron chi connectivity index (χ3n) is 1.96. The van der Waals surface area contributed by atoms with Crippen LogP contribution in [0.4, 0.5) is 0 Å². The molecule has 0 aliphatic rings. The summed E-state index contributed by atoms with van der Waals surface area (Å²) in [5.74, 6) is 0. The summed E-state index contributed by atoms with van der Waals surface area (Å²) >= 11 is 9.21. The standard InChI is InChI=1S/C10H10BrClO/c1-10(2,6-13)7-3-4-8(11)9(12)5-7/h3-6H,1-2H3. The van der Waals surface area contributed by atoms with E-state index in [9.17, 15) is 4.79 Å². The third-order valence-corrected chi connectivity index (χ3v) is 3.19. The van der Waals surface area contributed by atoms with Crippen LogP contribution in [0.15, 0.2) is 22.7 Å². The normalized spacial score (nSPS) is 11.4. The molecule has 0 aliphatic heterocycles. The fourth-order valence-electron chi connectivity index (χ4n) is 0.965. The van der Waals surface area contributed by atoms with Gasteiger partial charge >= 0.3 is 0 Å². The minimum absolute atomic E-state index is 0.468.